The van der Waals surface area contributed by atoms with Gasteiger partial charge in [-0.05, 0) is 102 Å². The van der Waals surface area contributed by atoms with Gasteiger partial charge in [-0.25, -0.2) is 0 Å². The van der Waals surface area contributed by atoms with Gasteiger partial charge in [-0.3, -0.25) is 0 Å². The lowest BCUT2D eigenvalue weighted by Gasteiger charge is -2.20. The van der Waals surface area contributed by atoms with Crippen molar-refractivity contribution in [2.45, 2.75) is 541 Å². The Labute approximate surface area is 849 Å². The topological polar surface area (TPSA) is 0 Å². The van der Waals surface area contributed by atoms with E-state index in [1.807, 2.05) is 0 Å². The summed E-state index contributed by atoms with van der Waals surface area (Å²) in [5.41, 5.74) is 7.49. The molecule has 0 bridgehead atoms. The van der Waals surface area contributed by atoms with E-state index < -0.39 is 96.1 Å². The molecule has 0 atom stereocenters. The highest BCUT2D eigenvalue weighted by Gasteiger charge is 2.31. The largest absolute Gasteiger partial charge is 0.389 e. The zero-order valence-electron chi connectivity index (χ0n) is 88.5. The van der Waals surface area contributed by atoms with E-state index in [-0.39, 0.29) is 0 Å². The van der Waals surface area contributed by atoms with Crippen molar-refractivity contribution in [1.82, 2.24) is 0 Å². The highest BCUT2D eigenvalue weighted by atomic mass is 31.1. The molecular formula is C120H188F21P. The Morgan fingerprint density at radius 3 is 0.331 bits per heavy atom. The first-order valence-corrected chi connectivity index (χ1v) is 56.9. The third-order valence-corrected chi connectivity index (χ3v) is 27.1. The maximum Gasteiger partial charge on any atom is 0.389 e. The van der Waals surface area contributed by atoms with Crippen molar-refractivity contribution in [1.29, 1.82) is 0 Å². The minimum Gasteiger partial charge on any atom is -0.171 e. The van der Waals surface area contributed by atoms with Gasteiger partial charge in [0.25, 0.3) is 0 Å². The fourth-order valence-corrected chi connectivity index (χ4v) is 18.4. The van der Waals surface area contributed by atoms with Crippen LogP contribution in [0.1, 0.15) is 498 Å². The molecule has 0 heterocycles. The molecule has 6 aromatic rings. The highest BCUT2D eigenvalue weighted by Crippen LogP contribution is 2.37. The van der Waals surface area contributed by atoms with Crippen LogP contribution in [0.4, 0.5) is 92.2 Å². The summed E-state index contributed by atoms with van der Waals surface area (Å²) in [4.78, 5) is 0. The van der Waals surface area contributed by atoms with Gasteiger partial charge in [0.1, 0.15) is 0 Å². The van der Waals surface area contributed by atoms with Gasteiger partial charge in [0, 0.05) is 44.9 Å². The van der Waals surface area contributed by atoms with Crippen LogP contribution in [0.15, 0.2) is 164 Å². The summed E-state index contributed by atoms with van der Waals surface area (Å²) in [6, 6.07) is 59.2. The Morgan fingerprint density at radius 2 is 0.225 bits per heavy atom. The Balaban J connectivity index is 0. The average molecular weight is 2060 g/mol. The molecule has 0 nitrogen and oxygen atoms in total. The number of hydrogen-bond acceptors (Lipinski definition) is 0. The average Bonchev–Trinajstić information content (AvgIpc) is 0.793. The molecule has 0 saturated carbocycles. The van der Waals surface area contributed by atoms with Crippen LogP contribution in [-0.2, 0) is 0 Å². The summed E-state index contributed by atoms with van der Waals surface area (Å²) in [7, 11) is -0.690. The molecular weight excluding hydrogens is 1870 g/mol. The van der Waals surface area contributed by atoms with Gasteiger partial charge in [0.2, 0.25) is 0 Å². The summed E-state index contributed by atoms with van der Waals surface area (Å²) in [5, 5.41) is 4.07. The molecule has 6 aromatic carbocycles. The molecule has 22 heteroatoms. The summed E-state index contributed by atoms with van der Waals surface area (Å²) >= 11 is 0. The number of unbranched alkanes of at least 4 members (excludes halogenated alkanes) is 56. The molecule has 0 amide bonds. The Morgan fingerprint density at radius 1 is 0.127 bits per heavy atom. The van der Waals surface area contributed by atoms with Crippen molar-refractivity contribution in [3.05, 3.63) is 164 Å². The van der Waals surface area contributed by atoms with Crippen molar-refractivity contribution in [2.24, 2.45) is 0 Å². The number of halogens is 21. The first-order chi connectivity index (χ1) is 67.8. The van der Waals surface area contributed by atoms with Gasteiger partial charge >= 0.3 is 43.2 Å². The SMILES string of the molecule is CCCCCCCCCCCC(F)(F)F.CCCCCCCCCCCC(F)(F)F.CCCCCCCCCCCC(F)(F)F.CCCCCCCCCCCC(F)(F)F.CCCCCCCCCCCC(F)(F)F.CCCCCCCCCCCC(F)(F)F.CCCCCCCCCCCC(F)(F)F.c1ccc(-c2ccc(P(c3ccc(-c4ccccc4)cc3)c3ccc(-c4ccccc4)cc3)cc2)cc1. The summed E-state index contributed by atoms with van der Waals surface area (Å²) < 4.78 is 247. The van der Waals surface area contributed by atoms with E-state index in [9.17, 15) is 92.2 Å². The van der Waals surface area contributed by atoms with Crippen molar-refractivity contribution in [3.8, 4) is 33.4 Å². The first kappa shape index (κ1) is 138. The third-order valence-electron chi connectivity index (χ3n) is 24.6. The van der Waals surface area contributed by atoms with Crippen LogP contribution in [0.3, 0.4) is 0 Å². The molecule has 0 aliphatic heterocycles. The van der Waals surface area contributed by atoms with E-state index in [1.54, 1.807) is 0 Å². The van der Waals surface area contributed by atoms with Crippen LogP contribution in [0.25, 0.3) is 33.4 Å². The second-order valence-corrected chi connectivity index (χ2v) is 40.6. The van der Waals surface area contributed by atoms with Gasteiger partial charge in [-0.1, -0.05) is 572 Å². The number of alkyl halides is 21. The first-order valence-electron chi connectivity index (χ1n) is 55.5. The van der Waals surface area contributed by atoms with Gasteiger partial charge in [0.05, 0.1) is 0 Å². The van der Waals surface area contributed by atoms with E-state index in [1.165, 1.54) is 274 Å². The van der Waals surface area contributed by atoms with Gasteiger partial charge in [-0.15, -0.1) is 0 Å². The van der Waals surface area contributed by atoms with Crippen LogP contribution in [0.2, 0.25) is 0 Å². The fraction of sp³-hybridized carbons (Fsp3) is 0.700. The zero-order valence-corrected chi connectivity index (χ0v) is 89.4. The van der Waals surface area contributed by atoms with Gasteiger partial charge in [-0.2, -0.15) is 92.2 Å². The second kappa shape index (κ2) is 91.5. The Hall–Kier alpha value is -5.72. The van der Waals surface area contributed by atoms with Crippen LogP contribution in [-0.4, -0.2) is 43.2 Å². The predicted molar refractivity (Wildman–Crippen MR) is 567 cm³/mol. The molecule has 0 radical (unpaired) electrons. The molecule has 0 N–H and O–H groups in total. The van der Waals surface area contributed by atoms with E-state index in [0.29, 0.717) is 44.9 Å². The smallest absolute Gasteiger partial charge is 0.171 e. The van der Waals surface area contributed by atoms with Crippen LogP contribution < -0.4 is 15.9 Å². The minimum absolute atomic E-state index is 0.304. The fourth-order valence-electron chi connectivity index (χ4n) is 16.2. The van der Waals surface area contributed by atoms with Gasteiger partial charge in [0.15, 0.2) is 0 Å². The number of benzene rings is 6. The summed E-state index contributed by atoms with van der Waals surface area (Å²) in [6.07, 6.45) is 33.3. The maximum absolute atomic E-state index is 11.8. The molecule has 142 heavy (non-hydrogen) atoms. The molecule has 6 rings (SSSR count). The monoisotopic (exact) mass is 2060 g/mol. The molecule has 0 aliphatic carbocycles. The van der Waals surface area contributed by atoms with E-state index in [2.05, 4.69) is 212 Å². The van der Waals surface area contributed by atoms with Gasteiger partial charge < -0.3 is 0 Å². The molecule has 0 aromatic heterocycles. The van der Waals surface area contributed by atoms with Crippen LogP contribution in [0, 0.1) is 0 Å². The lowest BCUT2D eigenvalue weighted by Crippen LogP contribution is -2.20. The van der Waals surface area contributed by atoms with E-state index >= 15 is 0 Å². The summed E-state index contributed by atoms with van der Waals surface area (Å²) in [6.45, 7) is 15.2. The quantitative estimate of drug-likeness (QED) is 0.0203. The van der Waals surface area contributed by atoms with Crippen molar-refractivity contribution < 1.29 is 92.2 Å². The third kappa shape index (κ3) is 97.7. The minimum atomic E-state index is -3.96. The molecule has 0 saturated heterocycles. The molecule has 0 unspecified atom stereocenters. The second-order valence-electron chi connectivity index (χ2n) is 38.4. The zero-order chi connectivity index (χ0) is 106. The highest BCUT2D eigenvalue weighted by molar-refractivity contribution is 7.79. The summed E-state index contributed by atoms with van der Waals surface area (Å²) in [5.74, 6) is 0. The normalized spacial score (nSPS) is 11.7. The molecule has 0 fully saturated rings. The lowest BCUT2D eigenvalue weighted by molar-refractivity contribution is -0.136. The number of hydrogen-bond donors (Lipinski definition) is 0. The Bertz CT molecular complexity index is 3060. The molecule has 0 aliphatic rings. The van der Waals surface area contributed by atoms with E-state index in [0.717, 1.165) is 135 Å². The van der Waals surface area contributed by atoms with Crippen molar-refractivity contribution in [3.63, 3.8) is 0 Å². The van der Waals surface area contributed by atoms with Crippen LogP contribution >= 0.6 is 7.92 Å². The van der Waals surface area contributed by atoms with Crippen LogP contribution in [0.5, 0.6) is 0 Å². The van der Waals surface area contributed by atoms with Crippen molar-refractivity contribution in [2.75, 3.05) is 0 Å². The molecule has 0 spiro atoms. The number of rotatable bonds is 69. The molecule has 820 valence electrons. The Kier molecular flexibility index (Phi) is 89.1. The van der Waals surface area contributed by atoms with Crippen molar-refractivity contribution >= 4 is 23.8 Å². The predicted octanol–water partition coefficient (Wildman–Crippen LogP) is 46.7. The maximum atomic E-state index is 11.8. The van der Waals surface area contributed by atoms with E-state index in [4.69, 9.17) is 0 Å². The lowest BCUT2D eigenvalue weighted by atomic mass is 10.1. The standard InChI is InChI=1S/C36H27P.7C12H23F3/c1-4-10-28(11-5-1)31-16-22-34(23-17-31)37(35-24-18-32(19-25-35)29-12-6-2-7-13-29)36-26-20-33(21-27-36)30-14-8-3-9-15-30;7*1-2-3-4-5-6-7-8-9-10-11-12(13,14)15/h1-27H;7*2-11H2,1H3.